The molecule has 7 heteroatoms. The zero-order valence-corrected chi connectivity index (χ0v) is 14.2. The Hall–Kier alpha value is -2.41. The van der Waals surface area contributed by atoms with Gasteiger partial charge in [0.25, 0.3) is 0 Å². The molecule has 1 aromatic rings. The molecule has 7 nitrogen and oxygen atoms in total. The first kappa shape index (κ1) is 19.6. The van der Waals surface area contributed by atoms with Gasteiger partial charge < -0.3 is 18.9 Å². The predicted octanol–water partition coefficient (Wildman–Crippen LogP) is 1.80. The SMILES string of the molecule is COC(=O)CC(OC(C)C)C(=O)OC(C(=O)OC)c1ccccc1. The smallest absolute Gasteiger partial charge is 0.351 e. The van der Waals surface area contributed by atoms with Crippen molar-refractivity contribution in [1.29, 1.82) is 0 Å². The Bertz CT molecular complexity index is 553. The van der Waals surface area contributed by atoms with Crippen LogP contribution in [0.1, 0.15) is 31.9 Å². The Balaban J connectivity index is 2.94. The lowest BCUT2D eigenvalue weighted by atomic mass is 10.1. The summed E-state index contributed by atoms with van der Waals surface area (Å²) in [7, 11) is 2.41. The second-order valence-corrected chi connectivity index (χ2v) is 5.20. The topological polar surface area (TPSA) is 88.1 Å². The van der Waals surface area contributed by atoms with Crippen LogP contribution < -0.4 is 0 Å². The Morgan fingerprint density at radius 1 is 0.958 bits per heavy atom. The van der Waals surface area contributed by atoms with E-state index >= 15 is 0 Å². The average molecular weight is 338 g/mol. The molecule has 132 valence electrons. The maximum Gasteiger partial charge on any atom is 0.351 e. The van der Waals surface area contributed by atoms with E-state index in [1.165, 1.54) is 14.2 Å². The number of hydrogen-bond acceptors (Lipinski definition) is 7. The highest BCUT2D eigenvalue weighted by atomic mass is 16.6. The number of esters is 3. The van der Waals surface area contributed by atoms with Gasteiger partial charge >= 0.3 is 17.9 Å². The molecule has 2 unspecified atom stereocenters. The van der Waals surface area contributed by atoms with Crippen LogP contribution in [0.25, 0.3) is 0 Å². The molecular weight excluding hydrogens is 316 g/mol. The van der Waals surface area contributed by atoms with Gasteiger partial charge in [0, 0.05) is 5.56 Å². The van der Waals surface area contributed by atoms with Crippen molar-refractivity contribution >= 4 is 17.9 Å². The molecule has 0 aliphatic rings. The summed E-state index contributed by atoms with van der Waals surface area (Å²) in [5, 5.41) is 0. The van der Waals surface area contributed by atoms with Crippen molar-refractivity contribution in [2.45, 2.75) is 38.6 Å². The lowest BCUT2D eigenvalue weighted by molar-refractivity contribution is -0.178. The summed E-state index contributed by atoms with van der Waals surface area (Å²) >= 11 is 0. The fourth-order valence-corrected chi connectivity index (χ4v) is 1.93. The summed E-state index contributed by atoms with van der Waals surface area (Å²) in [4.78, 5) is 35.8. The van der Waals surface area contributed by atoms with E-state index in [-0.39, 0.29) is 12.5 Å². The van der Waals surface area contributed by atoms with E-state index in [2.05, 4.69) is 9.47 Å². The first-order valence-corrected chi connectivity index (χ1v) is 7.44. The van der Waals surface area contributed by atoms with Crippen LogP contribution in [0.15, 0.2) is 30.3 Å². The summed E-state index contributed by atoms with van der Waals surface area (Å²) in [6, 6.07) is 8.44. The first-order chi connectivity index (χ1) is 11.4. The zero-order chi connectivity index (χ0) is 18.1. The third kappa shape index (κ3) is 6.00. The average Bonchev–Trinajstić information content (AvgIpc) is 2.58. The standard InChI is InChI=1S/C17H22O7/c1-11(2)23-13(10-14(18)21-3)16(19)24-15(17(20)22-4)12-8-6-5-7-9-12/h5-9,11,13,15H,10H2,1-4H3. The summed E-state index contributed by atoms with van der Waals surface area (Å²) in [6.45, 7) is 3.43. The quantitative estimate of drug-likeness (QED) is 0.527. The molecule has 0 spiro atoms. The van der Waals surface area contributed by atoms with Crippen molar-refractivity contribution in [3.63, 3.8) is 0 Å². The third-order valence-corrected chi connectivity index (χ3v) is 3.03. The van der Waals surface area contributed by atoms with E-state index in [4.69, 9.17) is 9.47 Å². The Morgan fingerprint density at radius 3 is 2.08 bits per heavy atom. The van der Waals surface area contributed by atoms with E-state index in [0.717, 1.165) is 0 Å². The largest absolute Gasteiger partial charge is 0.469 e. The normalized spacial score (nSPS) is 13.0. The van der Waals surface area contributed by atoms with Crippen molar-refractivity contribution in [2.75, 3.05) is 14.2 Å². The number of rotatable bonds is 8. The van der Waals surface area contributed by atoms with Crippen LogP contribution in [0.2, 0.25) is 0 Å². The summed E-state index contributed by atoms with van der Waals surface area (Å²) in [6.07, 6.45) is -3.04. The van der Waals surface area contributed by atoms with Crippen molar-refractivity contribution in [3.8, 4) is 0 Å². The number of ether oxygens (including phenoxy) is 4. The molecule has 24 heavy (non-hydrogen) atoms. The molecule has 0 saturated carbocycles. The van der Waals surface area contributed by atoms with E-state index in [1.807, 2.05) is 0 Å². The second kappa shape index (κ2) is 9.67. The van der Waals surface area contributed by atoms with Gasteiger partial charge in [0.05, 0.1) is 26.7 Å². The van der Waals surface area contributed by atoms with Crippen LogP contribution in [-0.4, -0.2) is 44.3 Å². The van der Waals surface area contributed by atoms with Gasteiger partial charge in [-0.05, 0) is 13.8 Å². The molecule has 0 radical (unpaired) electrons. The monoisotopic (exact) mass is 338 g/mol. The number of benzene rings is 1. The highest BCUT2D eigenvalue weighted by Gasteiger charge is 2.32. The zero-order valence-electron chi connectivity index (χ0n) is 14.2. The molecule has 0 aromatic heterocycles. The van der Waals surface area contributed by atoms with Gasteiger partial charge in [0.2, 0.25) is 6.10 Å². The molecule has 0 aliphatic heterocycles. The summed E-state index contributed by atoms with van der Waals surface area (Å²) in [5.41, 5.74) is 0.457. The van der Waals surface area contributed by atoms with Crippen LogP contribution in [0.4, 0.5) is 0 Å². The highest BCUT2D eigenvalue weighted by Crippen LogP contribution is 2.21. The van der Waals surface area contributed by atoms with Crippen molar-refractivity contribution < 1.29 is 33.3 Å². The Kier molecular flexibility index (Phi) is 7.91. The van der Waals surface area contributed by atoms with Crippen LogP contribution in [0, 0.1) is 0 Å². The highest BCUT2D eigenvalue weighted by molar-refractivity contribution is 5.85. The molecular formula is C17H22O7. The summed E-state index contributed by atoms with van der Waals surface area (Å²) in [5.74, 6) is -2.18. The molecule has 1 rings (SSSR count). The summed E-state index contributed by atoms with van der Waals surface area (Å²) < 4.78 is 19.9. The maximum atomic E-state index is 12.4. The second-order valence-electron chi connectivity index (χ2n) is 5.20. The van der Waals surface area contributed by atoms with Crippen LogP contribution >= 0.6 is 0 Å². The fourth-order valence-electron chi connectivity index (χ4n) is 1.93. The van der Waals surface area contributed by atoms with Crippen molar-refractivity contribution in [1.82, 2.24) is 0 Å². The number of methoxy groups -OCH3 is 2. The Morgan fingerprint density at radius 2 is 1.58 bits per heavy atom. The molecule has 0 N–H and O–H groups in total. The molecule has 0 amide bonds. The molecule has 0 aliphatic carbocycles. The fraction of sp³-hybridized carbons (Fsp3) is 0.471. The van der Waals surface area contributed by atoms with Gasteiger partial charge in [-0.15, -0.1) is 0 Å². The Labute approximate surface area is 140 Å². The maximum absolute atomic E-state index is 12.4. The number of hydrogen-bond donors (Lipinski definition) is 0. The van der Waals surface area contributed by atoms with E-state index in [9.17, 15) is 14.4 Å². The van der Waals surface area contributed by atoms with Crippen molar-refractivity contribution in [3.05, 3.63) is 35.9 Å². The minimum Gasteiger partial charge on any atom is -0.469 e. The van der Waals surface area contributed by atoms with Gasteiger partial charge in [-0.1, -0.05) is 30.3 Å². The molecule has 0 bridgehead atoms. The van der Waals surface area contributed by atoms with Gasteiger partial charge in [-0.25, -0.2) is 9.59 Å². The van der Waals surface area contributed by atoms with Gasteiger partial charge in [0.15, 0.2) is 6.10 Å². The van der Waals surface area contributed by atoms with E-state index in [1.54, 1.807) is 44.2 Å². The van der Waals surface area contributed by atoms with Crippen molar-refractivity contribution in [2.24, 2.45) is 0 Å². The molecule has 2 atom stereocenters. The molecule has 0 heterocycles. The molecule has 0 saturated heterocycles. The van der Waals surface area contributed by atoms with Crippen LogP contribution in [-0.2, 0) is 33.3 Å². The lowest BCUT2D eigenvalue weighted by Crippen LogP contribution is -2.34. The molecule has 1 aromatic carbocycles. The third-order valence-electron chi connectivity index (χ3n) is 3.03. The minimum atomic E-state index is -1.24. The lowest BCUT2D eigenvalue weighted by Gasteiger charge is -2.22. The number of carbonyl (C=O) groups excluding carboxylic acids is 3. The van der Waals surface area contributed by atoms with E-state index < -0.39 is 30.1 Å². The van der Waals surface area contributed by atoms with Gasteiger partial charge in [0.1, 0.15) is 0 Å². The number of carbonyl (C=O) groups is 3. The molecule has 0 fully saturated rings. The van der Waals surface area contributed by atoms with Gasteiger partial charge in [-0.2, -0.15) is 0 Å². The predicted molar refractivity (Wildman–Crippen MR) is 83.9 cm³/mol. The van der Waals surface area contributed by atoms with Crippen LogP contribution in [0.3, 0.4) is 0 Å². The first-order valence-electron chi connectivity index (χ1n) is 7.44. The minimum absolute atomic E-state index is 0.309. The van der Waals surface area contributed by atoms with Crippen LogP contribution in [0.5, 0.6) is 0 Å². The van der Waals surface area contributed by atoms with Gasteiger partial charge in [-0.3, -0.25) is 4.79 Å². The van der Waals surface area contributed by atoms with E-state index in [0.29, 0.717) is 5.56 Å².